The predicted molar refractivity (Wildman–Crippen MR) is 124 cm³/mol. The summed E-state index contributed by atoms with van der Waals surface area (Å²) in [6.45, 7) is 0. The van der Waals surface area contributed by atoms with Gasteiger partial charge in [0, 0.05) is 30.8 Å². The Morgan fingerprint density at radius 3 is 2.30 bits per heavy atom. The van der Waals surface area contributed by atoms with E-state index in [1.807, 2.05) is 0 Å². The number of imidazole rings is 1. The summed E-state index contributed by atoms with van der Waals surface area (Å²) < 4.78 is 4.17. The van der Waals surface area contributed by atoms with E-state index in [1.54, 1.807) is 24.3 Å². The second kappa shape index (κ2) is 8.02. The van der Waals surface area contributed by atoms with Crippen molar-refractivity contribution < 1.29 is 10.0 Å². The first-order valence-electron chi connectivity index (χ1n) is 9.32. The van der Waals surface area contributed by atoms with Crippen molar-refractivity contribution in [3.05, 3.63) is 87.9 Å². The number of H-pyrrole nitrogens is 1. The number of nitrogens with one attached hydrogen (secondary N) is 1. The lowest BCUT2D eigenvalue weighted by molar-refractivity contribution is -0.383. The van der Waals surface area contributed by atoms with Crippen LogP contribution in [0.5, 0.6) is 5.88 Å². The van der Waals surface area contributed by atoms with Gasteiger partial charge in [0.25, 0.3) is 11.2 Å². The summed E-state index contributed by atoms with van der Waals surface area (Å²) in [7, 11) is 2.99. The molecule has 168 valence electrons. The van der Waals surface area contributed by atoms with Crippen molar-refractivity contribution in [2.45, 2.75) is 0 Å². The molecule has 0 atom stereocenters. The Balaban J connectivity index is 1.91. The lowest BCUT2D eigenvalue weighted by Crippen LogP contribution is -2.31. The third-order valence-electron chi connectivity index (χ3n) is 5.10. The van der Waals surface area contributed by atoms with Gasteiger partial charge in [0.2, 0.25) is 5.88 Å². The third-order valence-corrected chi connectivity index (χ3v) is 5.63. The van der Waals surface area contributed by atoms with Gasteiger partial charge >= 0.3 is 11.4 Å². The van der Waals surface area contributed by atoms with Gasteiger partial charge in [-0.3, -0.25) is 29.0 Å². The number of nitro groups is 1. The first-order valence-corrected chi connectivity index (χ1v) is 10.1. The summed E-state index contributed by atoms with van der Waals surface area (Å²) >= 11 is 3.27. The van der Waals surface area contributed by atoms with Gasteiger partial charge in [-0.1, -0.05) is 15.9 Å². The molecule has 0 unspecified atom stereocenters. The molecule has 13 heteroatoms. The number of fused-ring (bicyclic) bond motifs is 1. The van der Waals surface area contributed by atoms with Gasteiger partial charge in [-0.15, -0.1) is 0 Å². The molecule has 0 fully saturated rings. The van der Waals surface area contributed by atoms with Gasteiger partial charge in [-0.2, -0.15) is 0 Å². The largest absolute Gasteiger partial charge is 0.493 e. The number of aliphatic imine (C=N–C) groups is 1. The molecule has 2 heterocycles. The highest BCUT2D eigenvalue weighted by molar-refractivity contribution is 9.10. The summed E-state index contributed by atoms with van der Waals surface area (Å²) in [6.07, 6.45) is 0.929. The van der Waals surface area contributed by atoms with Crippen LogP contribution >= 0.6 is 15.9 Å². The van der Waals surface area contributed by atoms with Gasteiger partial charge in [0.1, 0.15) is 11.3 Å². The number of aromatic hydroxyl groups is 1. The summed E-state index contributed by atoms with van der Waals surface area (Å²) in [4.78, 5) is 53.9. The maximum atomic E-state index is 12.3. The van der Waals surface area contributed by atoms with Crippen LogP contribution in [-0.4, -0.2) is 34.9 Å². The van der Waals surface area contributed by atoms with Crippen LogP contribution in [0.15, 0.2) is 60.2 Å². The number of nitrogens with zero attached hydrogens (tertiary/aromatic N) is 5. The quantitative estimate of drug-likeness (QED) is 0.240. The van der Waals surface area contributed by atoms with E-state index in [2.05, 4.69) is 25.9 Å². The molecule has 0 saturated heterocycles. The second-order valence-corrected chi connectivity index (χ2v) is 7.97. The van der Waals surface area contributed by atoms with Crippen LogP contribution in [0.2, 0.25) is 0 Å². The van der Waals surface area contributed by atoms with E-state index in [0.29, 0.717) is 11.0 Å². The van der Waals surface area contributed by atoms with Gasteiger partial charge in [0.05, 0.1) is 21.6 Å². The van der Waals surface area contributed by atoms with Crippen LogP contribution in [-0.2, 0) is 14.1 Å². The average Bonchev–Trinajstić information content (AvgIpc) is 2.97. The van der Waals surface area contributed by atoms with E-state index >= 15 is 0 Å². The molecule has 0 bridgehead atoms. The highest BCUT2D eigenvalue weighted by Crippen LogP contribution is 2.32. The molecular weight excluding hydrogens is 500 g/mol. The normalized spacial score (nSPS) is 11.5. The molecular formula is C20H15BrN6O6. The summed E-state index contributed by atoms with van der Waals surface area (Å²) in [6, 6.07) is 8.90. The Kier molecular flexibility index (Phi) is 5.33. The number of benzene rings is 2. The van der Waals surface area contributed by atoms with Crippen LogP contribution in [0.4, 0.5) is 11.4 Å². The van der Waals surface area contributed by atoms with Crippen molar-refractivity contribution >= 4 is 44.6 Å². The second-order valence-electron chi connectivity index (χ2n) is 7.05. The van der Waals surface area contributed by atoms with Crippen LogP contribution in [0, 0.1) is 10.1 Å². The van der Waals surface area contributed by atoms with Gasteiger partial charge in [0.15, 0.2) is 0 Å². The van der Waals surface area contributed by atoms with Crippen LogP contribution in [0.1, 0.15) is 5.56 Å². The molecule has 2 aromatic heterocycles. The van der Waals surface area contributed by atoms with E-state index in [0.717, 1.165) is 15.3 Å². The third kappa shape index (κ3) is 3.67. The van der Waals surface area contributed by atoms with Crippen molar-refractivity contribution in [3.8, 4) is 11.6 Å². The monoisotopic (exact) mass is 514 g/mol. The fourth-order valence-corrected chi connectivity index (χ4v) is 3.66. The SMILES string of the molecule is Cn1c(=O)n(C)c2cc([N+](=O)[O-])c(N=Cc3c(O)n(-c4ccc(Br)cc4)c(=O)[nH]c3=O)cc21. The van der Waals surface area contributed by atoms with Gasteiger partial charge in [-0.25, -0.2) is 19.1 Å². The number of aromatic amines is 1. The van der Waals surface area contributed by atoms with Crippen molar-refractivity contribution in [2.24, 2.45) is 19.1 Å². The molecule has 0 saturated carbocycles. The number of hydrogen-bond donors (Lipinski definition) is 2. The van der Waals surface area contributed by atoms with E-state index in [1.165, 1.54) is 35.4 Å². The van der Waals surface area contributed by atoms with E-state index in [9.17, 15) is 29.6 Å². The predicted octanol–water partition coefficient (Wildman–Crippen LogP) is 1.84. The van der Waals surface area contributed by atoms with E-state index < -0.39 is 27.7 Å². The van der Waals surface area contributed by atoms with Crippen LogP contribution < -0.4 is 16.9 Å². The minimum absolute atomic E-state index is 0.145. The van der Waals surface area contributed by atoms with Crippen molar-refractivity contribution in [3.63, 3.8) is 0 Å². The van der Waals surface area contributed by atoms with Crippen molar-refractivity contribution in [1.29, 1.82) is 0 Å². The van der Waals surface area contributed by atoms with E-state index in [4.69, 9.17) is 0 Å². The van der Waals surface area contributed by atoms with Crippen molar-refractivity contribution in [1.82, 2.24) is 18.7 Å². The Hall–Kier alpha value is -4.26. The highest BCUT2D eigenvalue weighted by Gasteiger charge is 2.20. The fraction of sp³-hybridized carbons (Fsp3) is 0.100. The smallest absolute Gasteiger partial charge is 0.335 e. The van der Waals surface area contributed by atoms with Gasteiger partial charge in [-0.05, 0) is 30.3 Å². The molecule has 0 amide bonds. The molecule has 33 heavy (non-hydrogen) atoms. The topological polar surface area (TPSA) is 158 Å². The van der Waals surface area contributed by atoms with Crippen LogP contribution in [0.3, 0.4) is 0 Å². The average molecular weight is 515 g/mol. The minimum atomic E-state index is -0.926. The molecule has 0 aliphatic rings. The number of aryl methyl sites for hydroxylation is 2. The molecule has 2 N–H and O–H groups in total. The van der Waals surface area contributed by atoms with E-state index in [-0.39, 0.29) is 22.6 Å². The first-order chi connectivity index (χ1) is 15.6. The number of rotatable bonds is 4. The van der Waals surface area contributed by atoms with Crippen molar-refractivity contribution in [2.75, 3.05) is 0 Å². The highest BCUT2D eigenvalue weighted by atomic mass is 79.9. The summed E-state index contributed by atoms with van der Waals surface area (Å²) in [5, 5.41) is 22.2. The molecule has 0 aliphatic carbocycles. The molecule has 12 nitrogen and oxygen atoms in total. The summed E-state index contributed by atoms with van der Waals surface area (Å²) in [5.41, 5.74) is -2.11. The molecule has 4 aromatic rings. The number of aromatic nitrogens is 4. The lowest BCUT2D eigenvalue weighted by Gasteiger charge is -2.09. The molecule has 0 aliphatic heterocycles. The number of halogens is 1. The standard InChI is InChI=1S/C20H15BrN6O6/c1-24-15-7-13(14(27(32)33)8-16(15)25(2)20(24)31)22-9-12-17(28)23-19(30)26(18(12)29)11-5-3-10(21)4-6-11/h3-9,29H,1-2H3,(H,23,28,30). The zero-order valence-electron chi connectivity index (χ0n) is 17.1. The molecule has 2 aromatic carbocycles. The molecule has 0 spiro atoms. The van der Waals surface area contributed by atoms with Gasteiger partial charge < -0.3 is 5.11 Å². The summed E-state index contributed by atoms with van der Waals surface area (Å²) in [5.74, 6) is -0.689. The Morgan fingerprint density at radius 1 is 1.09 bits per heavy atom. The Labute approximate surface area is 192 Å². The zero-order valence-corrected chi connectivity index (χ0v) is 18.7. The number of nitro benzene ring substituents is 1. The molecule has 0 radical (unpaired) electrons. The fourth-order valence-electron chi connectivity index (χ4n) is 3.39. The first kappa shape index (κ1) is 22.0. The Bertz CT molecular complexity index is 1640. The Morgan fingerprint density at radius 2 is 1.70 bits per heavy atom. The lowest BCUT2D eigenvalue weighted by atomic mass is 10.2. The van der Waals surface area contributed by atoms with Crippen LogP contribution in [0.25, 0.3) is 16.7 Å². The maximum Gasteiger partial charge on any atom is 0.335 e. The molecule has 4 rings (SSSR count). The zero-order chi connectivity index (χ0) is 24.0. The minimum Gasteiger partial charge on any atom is -0.493 e. The maximum absolute atomic E-state index is 12.3. The number of hydrogen-bond acceptors (Lipinski definition) is 7.